The van der Waals surface area contributed by atoms with Gasteiger partial charge in [0.1, 0.15) is 0 Å². The highest BCUT2D eigenvalue weighted by molar-refractivity contribution is 9.10. The summed E-state index contributed by atoms with van der Waals surface area (Å²) in [5.74, 6) is -0.556. The molecule has 92 valence electrons. The number of amides is 1. The van der Waals surface area contributed by atoms with Crippen LogP contribution in [0.4, 0.5) is 5.69 Å². The van der Waals surface area contributed by atoms with Crippen LogP contribution in [-0.4, -0.2) is 25.8 Å². The molecule has 1 aliphatic rings. The Hall–Kier alpha value is -0.880. The summed E-state index contributed by atoms with van der Waals surface area (Å²) in [7, 11) is -3.01. The van der Waals surface area contributed by atoms with Crippen molar-refractivity contribution in [1.82, 2.24) is 0 Å². The summed E-state index contributed by atoms with van der Waals surface area (Å²) in [5.41, 5.74) is 0.675. The van der Waals surface area contributed by atoms with Crippen LogP contribution in [0.3, 0.4) is 0 Å². The molecule has 1 N–H and O–H groups in total. The predicted molar refractivity (Wildman–Crippen MR) is 69.5 cm³/mol. The van der Waals surface area contributed by atoms with Crippen LogP contribution in [0.5, 0.6) is 0 Å². The number of carbonyl (C=O) groups is 1. The molecule has 17 heavy (non-hydrogen) atoms. The van der Waals surface area contributed by atoms with Crippen molar-refractivity contribution in [3.8, 4) is 0 Å². The van der Waals surface area contributed by atoms with Crippen LogP contribution in [0, 0.1) is 5.92 Å². The Morgan fingerprint density at radius 3 is 2.76 bits per heavy atom. The molecule has 1 unspecified atom stereocenters. The Labute approximate surface area is 108 Å². The first-order chi connectivity index (χ1) is 7.96. The van der Waals surface area contributed by atoms with E-state index in [1.54, 1.807) is 12.1 Å². The maximum absolute atomic E-state index is 11.8. The van der Waals surface area contributed by atoms with Gasteiger partial charge < -0.3 is 5.32 Å². The van der Waals surface area contributed by atoms with Crippen molar-refractivity contribution < 1.29 is 13.2 Å². The molecule has 1 aliphatic heterocycles. The molecular formula is C11H12BrNO3S. The molecule has 0 bridgehead atoms. The Balaban J connectivity index is 2.03. The fraction of sp³-hybridized carbons (Fsp3) is 0.364. The minimum absolute atomic E-state index is 0.0349. The maximum atomic E-state index is 11.8. The van der Waals surface area contributed by atoms with Gasteiger partial charge in [0, 0.05) is 10.2 Å². The van der Waals surface area contributed by atoms with E-state index in [-0.39, 0.29) is 17.4 Å². The fourth-order valence-corrected chi connectivity index (χ4v) is 3.95. The number of anilines is 1. The van der Waals surface area contributed by atoms with Crippen LogP contribution in [-0.2, 0) is 14.6 Å². The first-order valence-corrected chi connectivity index (χ1v) is 7.84. The molecule has 4 nitrogen and oxygen atoms in total. The number of rotatable bonds is 2. The summed E-state index contributed by atoms with van der Waals surface area (Å²) in [5, 5.41) is 2.73. The molecule has 6 heteroatoms. The summed E-state index contributed by atoms with van der Waals surface area (Å²) >= 11 is 3.31. The molecule has 1 aromatic rings. The minimum atomic E-state index is -3.01. The molecule has 1 heterocycles. The summed E-state index contributed by atoms with van der Waals surface area (Å²) in [6.07, 6.45) is 0.419. The van der Waals surface area contributed by atoms with Crippen LogP contribution in [0.1, 0.15) is 6.42 Å². The van der Waals surface area contributed by atoms with Gasteiger partial charge in [-0.15, -0.1) is 0 Å². The number of nitrogens with one attached hydrogen (secondary N) is 1. The predicted octanol–water partition coefficient (Wildman–Crippen LogP) is 1.82. The Morgan fingerprint density at radius 2 is 2.18 bits per heavy atom. The van der Waals surface area contributed by atoms with E-state index in [0.717, 1.165) is 4.47 Å². The van der Waals surface area contributed by atoms with Gasteiger partial charge in [-0.2, -0.15) is 0 Å². The highest BCUT2D eigenvalue weighted by Gasteiger charge is 2.32. The quantitative estimate of drug-likeness (QED) is 0.905. The molecule has 1 aromatic carbocycles. The van der Waals surface area contributed by atoms with Crippen molar-refractivity contribution in [1.29, 1.82) is 0 Å². The van der Waals surface area contributed by atoms with E-state index in [2.05, 4.69) is 21.2 Å². The van der Waals surface area contributed by atoms with Crippen molar-refractivity contribution in [2.45, 2.75) is 6.42 Å². The highest BCUT2D eigenvalue weighted by atomic mass is 79.9. The first kappa shape index (κ1) is 12.6. The maximum Gasteiger partial charge on any atom is 0.228 e. The van der Waals surface area contributed by atoms with Gasteiger partial charge in [-0.3, -0.25) is 4.79 Å². The van der Waals surface area contributed by atoms with Crippen molar-refractivity contribution in [2.24, 2.45) is 5.92 Å². The van der Waals surface area contributed by atoms with Crippen molar-refractivity contribution >= 4 is 37.4 Å². The van der Waals surface area contributed by atoms with Crippen LogP contribution < -0.4 is 5.32 Å². The Bertz CT molecular complexity index is 541. The van der Waals surface area contributed by atoms with E-state index >= 15 is 0 Å². The zero-order chi connectivity index (χ0) is 12.5. The Kier molecular flexibility index (Phi) is 3.53. The molecule has 1 atom stereocenters. The van der Waals surface area contributed by atoms with Gasteiger partial charge in [-0.1, -0.05) is 22.0 Å². The molecule has 1 amide bonds. The van der Waals surface area contributed by atoms with Crippen molar-refractivity contribution in [3.63, 3.8) is 0 Å². The number of hydrogen-bond donors (Lipinski definition) is 1. The second kappa shape index (κ2) is 4.78. The van der Waals surface area contributed by atoms with E-state index < -0.39 is 15.8 Å². The summed E-state index contributed by atoms with van der Waals surface area (Å²) in [6.45, 7) is 0. The van der Waals surface area contributed by atoms with Crippen molar-refractivity contribution in [3.05, 3.63) is 28.7 Å². The number of halogens is 1. The normalized spacial score (nSPS) is 22.3. The van der Waals surface area contributed by atoms with Crippen LogP contribution in [0.25, 0.3) is 0 Å². The minimum Gasteiger partial charge on any atom is -0.326 e. The fourth-order valence-electron chi connectivity index (χ4n) is 1.81. The van der Waals surface area contributed by atoms with E-state index in [1.807, 2.05) is 12.1 Å². The van der Waals surface area contributed by atoms with E-state index in [0.29, 0.717) is 12.1 Å². The highest BCUT2D eigenvalue weighted by Crippen LogP contribution is 2.21. The number of sulfone groups is 1. The third-order valence-corrected chi connectivity index (χ3v) is 4.96. The summed E-state index contributed by atoms with van der Waals surface area (Å²) in [6, 6.07) is 7.22. The van der Waals surface area contributed by atoms with Gasteiger partial charge in [0.15, 0.2) is 9.84 Å². The van der Waals surface area contributed by atoms with E-state index in [1.165, 1.54) is 0 Å². The van der Waals surface area contributed by atoms with E-state index in [9.17, 15) is 13.2 Å². The van der Waals surface area contributed by atoms with Crippen LogP contribution >= 0.6 is 15.9 Å². The molecule has 2 rings (SSSR count). The number of benzene rings is 1. The summed E-state index contributed by atoms with van der Waals surface area (Å²) in [4.78, 5) is 11.8. The second-order valence-corrected chi connectivity index (χ2v) is 7.24. The lowest BCUT2D eigenvalue weighted by molar-refractivity contribution is -0.119. The lowest BCUT2D eigenvalue weighted by Gasteiger charge is -2.09. The first-order valence-electron chi connectivity index (χ1n) is 5.23. The third-order valence-electron chi connectivity index (χ3n) is 2.70. The average molecular weight is 318 g/mol. The molecule has 0 saturated carbocycles. The zero-order valence-electron chi connectivity index (χ0n) is 9.02. The lowest BCUT2D eigenvalue weighted by Crippen LogP contribution is -2.23. The van der Waals surface area contributed by atoms with Crippen LogP contribution in [0.2, 0.25) is 0 Å². The van der Waals surface area contributed by atoms with Gasteiger partial charge in [0.25, 0.3) is 0 Å². The molecule has 0 aromatic heterocycles. The van der Waals surface area contributed by atoms with Crippen LogP contribution in [0.15, 0.2) is 28.7 Å². The topological polar surface area (TPSA) is 63.2 Å². The van der Waals surface area contributed by atoms with Gasteiger partial charge in [0.05, 0.1) is 17.4 Å². The van der Waals surface area contributed by atoms with Crippen molar-refractivity contribution in [2.75, 3.05) is 16.8 Å². The van der Waals surface area contributed by atoms with Gasteiger partial charge in [-0.05, 0) is 24.6 Å². The van der Waals surface area contributed by atoms with Gasteiger partial charge >= 0.3 is 0 Å². The lowest BCUT2D eigenvalue weighted by atomic mass is 10.1. The third kappa shape index (κ3) is 3.29. The standard InChI is InChI=1S/C11H12BrNO3S/c12-9-2-1-3-10(6-9)13-11(14)8-4-5-17(15,16)7-8/h1-3,6,8H,4-5,7H2,(H,13,14). The number of carbonyl (C=O) groups excluding carboxylic acids is 1. The SMILES string of the molecule is O=C(Nc1cccc(Br)c1)C1CCS(=O)(=O)C1. The molecule has 0 aliphatic carbocycles. The number of hydrogen-bond acceptors (Lipinski definition) is 3. The molecule has 0 spiro atoms. The zero-order valence-corrected chi connectivity index (χ0v) is 11.4. The Morgan fingerprint density at radius 1 is 1.41 bits per heavy atom. The summed E-state index contributed by atoms with van der Waals surface area (Å²) < 4.78 is 23.4. The van der Waals surface area contributed by atoms with Gasteiger partial charge in [-0.25, -0.2) is 8.42 Å². The average Bonchev–Trinajstić information content (AvgIpc) is 2.59. The molecular weight excluding hydrogens is 306 g/mol. The van der Waals surface area contributed by atoms with Gasteiger partial charge in [0.2, 0.25) is 5.91 Å². The smallest absolute Gasteiger partial charge is 0.228 e. The largest absolute Gasteiger partial charge is 0.326 e. The molecule has 1 fully saturated rings. The molecule has 0 radical (unpaired) electrons. The van der Waals surface area contributed by atoms with E-state index in [4.69, 9.17) is 0 Å². The molecule has 1 saturated heterocycles. The second-order valence-electron chi connectivity index (χ2n) is 4.10. The monoisotopic (exact) mass is 317 g/mol.